The SMILES string of the molecule is CN(C)c1ccc(/[N+]([O-])=C\c2ccc(N(C)C)c[n+]2C)cc1. The lowest BCUT2D eigenvalue weighted by atomic mass is 10.2. The number of aromatic nitrogens is 1. The van der Waals surface area contributed by atoms with E-state index < -0.39 is 0 Å². The van der Waals surface area contributed by atoms with Crippen LogP contribution in [0.25, 0.3) is 0 Å². The lowest BCUT2D eigenvalue weighted by Gasteiger charge is -2.12. The Balaban J connectivity index is 2.28. The van der Waals surface area contributed by atoms with Gasteiger partial charge in [0.2, 0.25) is 5.69 Å². The minimum Gasteiger partial charge on any atom is -0.618 e. The molecule has 2 rings (SSSR count). The summed E-state index contributed by atoms with van der Waals surface area (Å²) in [5.41, 5.74) is 3.62. The van der Waals surface area contributed by atoms with Crippen molar-refractivity contribution in [1.82, 2.24) is 0 Å². The normalized spacial score (nSPS) is 11.4. The van der Waals surface area contributed by atoms with E-state index in [1.54, 1.807) is 6.21 Å². The predicted octanol–water partition coefficient (Wildman–Crippen LogP) is 1.90. The second-order valence-corrected chi connectivity index (χ2v) is 5.68. The van der Waals surface area contributed by atoms with Crippen molar-refractivity contribution in [3.63, 3.8) is 0 Å². The van der Waals surface area contributed by atoms with Crippen molar-refractivity contribution >= 4 is 23.3 Å². The molecule has 0 aliphatic carbocycles. The Morgan fingerprint density at radius 1 is 0.909 bits per heavy atom. The van der Waals surface area contributed by atoms with Gasteiger partial charge in [0, 0.05) is 52.1 Å². The zero-order valence-electron chi connectivity index (χ0n) is 13.8. The van der Waals surface area contributed by atoms with Gasteiger partial charge in [0.05, 0.1) is 0 Å². The molecule has 1 aromatic carbocycles. The first-order valence-corrected chi connectivity index (χ1v) is 7.14. The fourth-order valence-corrected chi connectivity index (χ4v) is 2.10. The lowest BCUT2D eigenvalue weighted by Crippen LogP contribution is -2.35. The third-order valence-electron chi connectivity index (χ3n) is 3.54. The van der Waals surface area contributed by atoms with Crippen molar-refractivity contribution in [2.45, 2.75) is 0 Å². The van der Waals surface area contributed by atoms with Gasteiger partial charge in [-0.15, -0.1) is 0 Å². The molecule has 0 aliphatic rings. The summed E-state index contributed by atoms with van der Waals surface area (Å²) in [6.45, 7) is 0. The predicted molar refractivity (Wildman–Crippen MR) is 91.2 cm³/mol. The van der Waals surface area contributed by atoms with Gasteiger partial charge in [0.25, 0.3) is 11.9 Å². The van der Waals surface area contributed by atoms with Crippen LogP contribution in [0.15, 0.2) is 42.6 Å². The summed E-state index contributed by atoms with van der Waals surface area (Å²) >= 11 is 0. The Kier molecular flexibility index (Phi) is 4.65. The van der Waals surface area contributed by atoms with Crippen molar-refractivity contribution in [3.05, 3.63) is 53.5 Å². The molecule has 0 aliphatic heterocycles. The Morgan fingerprint density at radius 3 is 1.95 bits per heavy atom. The molecule has 0 fully saturated rings. The average Bonchev–Trinajstić information content (AvgIpc) is 2.49. The Labute approximate surface area is 131 Å². The van der Waals surface area contributed by atoms with E-state index in [0.29, 0.717) is 5.69 Å². The highest BCUT2D eigenvalue weighted by Gasteiger charge is 2.11. The monoisotopic (exact) mass is 299 g/mol. The largest absolute Gasteiger partial charge is 0.618 e. The molecule has 0 spiro atoms. The lowest BCUT2D eigenvalue weighted by molar-refractivity contribution is -0.673. The van der Waals surface area contributed by atoms with Gasteiger partial charge in [-0.3, -0.25) is 0 Å². The molecule has 2 aromatic rings. The molecule has 0 radical (unpaired) electrons. The topological polar surface area (TPSA) is 36.4 Å². The number of aryl methyl sites for hydroxylation is 1. The van der Waals surface area contributed by atoms with Crippen LogP contribution in [0.2, 0.25) is 0 Å². The van der Waals surface area contributed by atoms with Gasteiger partial charge in [-0.25, -0.2) is 0 Å². The fraction of sp³-hybridized carbons (Fsp3) is 0.294. The summed E-state index contributed by atoms with van der Waals surface area (Å²) in [5.74, 6) is 0. The molecule has 5 heteroatoms. The van der Waals surface area contributed by atoms with Gasteiger partial charge in [-0.1, -0.05) is 0 Å². The smallest absolute Gasteiger partial charge is 0.270 e. The van der Waals surface area contributed by atoms with Gasteiger partial charge in [-0.2, -0.15) is 9.31 Å². The number of anilines is 2. The van der Waals surface area contributed by atoms with Crippen molar-refractivity contribution in [3.8, 4) is 0 Å². The minimum absolute atomic E-state index is 0.613. The molecular weight excluding hydrogens is 276 g/mol. The maximum absolute atomic E-state index is 12.3. The number of hydrogen-bond acceptors (Lipinski definition) is 3. The highest BCUT2D eigenvalue weighted by atomic mass is 16.5. The molecule has 0 N–H and O–H groups in total. The molecule has 0 amide bonds. The molecule has 0 saturated heterocycles. The quantitative estimate of drug-likeness (QED) is 0.374. The first-order chi connectivity index (χ1) is 10.4. The van der Waals surface area contributed by atoms with Gasteiger partial charge in [0.15, 0.2) is 6.20 Å². The van der Waals surface area contributed by atoms with Gasteiger partial charge < -0.3 is 15.0 Å². The van der Waals surface area contributed by atoms with Crippen LogP contribution < -0.4 is 14.4 Å². The van der Waals surface area contributed by atoms with Crippen LogP contribution >= 0.6 is 0 Å². The molecular formula is C17H23N4O+. The Hall–Kier alpha value is -2.56. The summed E-state index contributed by atoms with van der Waals surface area (Å²) in [6.07, 6.45) is 3.58. The average molecular weight is 299 g/mol. The van der Waals surface area contributed by atoms with Crippen LogP contribution in [0.5, 0.6) is 0 Å². The van der Waals surface area contributed by atoms with E-state index in [4.69, 9.17) is 0 Å². The molecule has 116 valence electrons. The molecule has 0 unspecified atom stereocenters. The fourth-order valence-electron chi connectivity index (χ4n) is 2.10. The molecule has 0 bridgehead atoms. The maximum Gasteiger partial charge on any atom is 0.270 e. The van der Waals surface area contributed by atoms with Gasteiger partial charge in [0.1, 0.15) is 12.7 Å². The summed E-state index contributed by atoms with van der Waals surface area (Å²) < 4.78 is 2.83. The van der Waals surface area contributed by atoms with Crippen molar-refractivity contribution in [2.24, 2.45) is 7.05 Å². The summed E-state index contributed by atoms with van der Waals surface area (Å²) in [7, 11) is 9.86. The van der Waals surface area contributed by atoms with Crippen LogP contribution in [0.3, 0.4) is 0 Å². The van der Waals surface area contributed by atoms with Crippen molar-refractivity contribution in [2.75, 3.05) is 38.0 Å². The molecule has 0 atom stereocenters. The van der Waals surface area contributed by atoms with Crippen LogP contribution in [-0.4, -0.2) is 39.1 Å². The summed E-state index contributed by atoms with van der Waals surface area (Å²) in [5, 5.41) is 12.3. The minimum atomic E-state index is 0.613. The first kappa shape index (κ1) is 15.8. The van der Waals surface area contributed by atoms with E-state index in [-0.39, 0.29) is 0 Å². The number of benzene rings is 1. The highest BCUT2D eigenvalue weighted by Crippen LogP contribution is 2.17. The van der Waals surface area contributed by atoms with E-state index in [1.807, 2.05) is 92.2 Å². The molecule has 1 aromatic heterocycles. The Bertz CT molecular complexity index is 676. The standard InChI is InChI=1S/C17H23N4O/c1-18(2)14-6-8-15(9-7-14)21(22)13-17-11-10-16(19(3)4)12-20(17)5/h6-13H,1-5H3/q+1. The van der Waals surface area contributed by atoms with Crippen molar-refractivity contribution in [1.29, 1.82) is 0 Å². The van der Waals surface area contributed by atoms with E-state index in [9.17, 15) is 5.21 Å². The van der Waals surface area contributed by atoms with Gasteiger partial charge >= 0.3 is 0 Å². The molecule has 1 heterocycles. The maximum atomic E-state index is 12.3. The molecule has 22 heavy (non-hydrogen) atoms. The molecule has 0 saturated carbocycles. The third kappa shape index (κ3) is 3.55. The zero-order valence-corrected chi connectivity index (χ0v) is 13.8. The summed E-state index contributed by atoms with van der Waals surface area (Å²) in [4.78, 5) is 4.03. The van der Waals surface area contributed by atoms with Crippen LogP contribution in [0, 0.1) is 5.21 Å². The number of hydrogen-bond donors (Lipinski definition) is 0. The van der Waals surface area contributed by atoms with E-state index in [1.165, 1.54) is 0 Å². The van der Waals surface area contributed by atoms with E-state index in [2.05, 4.69) is 0 Å². The van der Waals surface area contributed by atoms with Crippen molar-refractivity contribution < 1.29 is 9.31 Å². The van der Waals surface area contributed by atoms with Gasteiger partial charge in [-0.05, 0) is 18.2 Å². The third-order valence-corrected chi connectivity index (χ3v) is 3.54. The second-order valence-electron chi connectivity index (χ2n) is 5.68. The number of pyridine rings is 1. The van der Waals surface area contributed by atoms with Crippen LogP contribution in [0.4, 0.5) is 17.1 Å². The Morgan fingerprint density at radius 2 is 1.45 bits per heavy atom. The van der Waals surface area contributed by atoms with Crippen LogP contribution in [-0.2, 0) is 7.05 Å². The van der Waals surface area contributed by atoms with E-state index >= 15 is 0 Å². The number of nitrogens with zero attached hydrogens (tertiary/aromatic N) is 4. The summed E-state index contributed by atoms with van der Waals surface area (Å²) in [6, 6.07) is 11.5. The molecule has 5 nitrogen and oxygen atoms in total. The number of rotatable bonds is 4. The zero-order chi connectivity index (χ0) is 16.3. The first-order valence-electron chi connectivity index (χ1n) is 7.14. The second kappa shape index (κ2) is 6.47. The highest BCUT2D eigenvalue weighted by molar-refractivity contribution is 5.72. The van der Waals surface area contributed by atoms with Crippen LogP contribution in [0.1, 0.15) is 5.69 Å². The van der Waals surface area contributed by atoms with E-state index in [0.717, 1.165) is 21.8 Å².